The highest BCUT2D eigenvalue weighted by molar-refractivity contribution is 5.75. The number of cyclic esters (lactones) is 1. The van der Waals surface area contributed by atoms with Gasteiger partial charge in [-0.3, -0.25) is 4.79 Å². The van der Waals surface area contributed by atoms with Crippen molar-refractivity contribution in [3.63, 3.8) is 0 Å². The van der Waals surface area contributed by atoms with Crippen LogP contribution in [0.5, 0.6) is 0 Å². The van der Waals surface area contributed by atoms with Crippen LogP contribution in [0, 0.1) is 5.92 Å². The zero-order chi connectivity index (χ0) is 11.0. The van der Waals surface area contributed by atoms with Gasteiger partial charge in [0.05, 0.1) is 18.3 Å². The van der Waals surface area contributed by atoms with Crippen LogP contribution in [0.3, 0.4) is 0 Å². The number of rotatable bonds is 2. The van der Waals surface area contributed by atoms with Crippen molar-refractivity contribution in [2.24, 2.45) is 5.92 Å². The molecule has 0 amide bonds. The molecular formula is C11H18N2O2. The standard InChI is InChI=1S/C11H18N2O2/c1-4-8-5-10(15-11(8)14)9-6-12(2)7-13(9)3/h6,8,10H,4-5,7H2,1-3H3. The zero-order valence-corrected chi connectivity index (χ0v) is 9.56. The number of esters is 1. The van der Waals surface area contributed by atoms with E-state index in [4.69, 9.17) is 4.74 Å². The molecule has 0 spiro atoms. The van der Waals surface area contributed by atoms with Gasteiger partial charge in [0.1, 0.15) is 6.10 Å². The lowest BCUT2D eigenvalue weighted by molar-refractivity contribution is -0.143. The second-order valence-corrected chi connectivity index (χ2v) is 4.42. The maximum atomic E-state index is 11.5. The first-order valence-electron chi connectivity index (χ1n) is 5.45. The quantitative estimate of drug-likeness (QED) is 0.637. The number of nitrogens with zero attached hydrogens (tertiary/aromatic N) is 2. The summed E-state index contributed by atoms with van der Waals surface area (Å²) >= 11 is 0. The maximum Gasteiger partial charge on any atom is 0.309 e. The zero-order valence-electron chi connectivity index (χ0n) is 9.56. The van der Waals surface area contributed by atoms with Gasteiger partial charge >= 0.3 is 5.97 Å². The van der Waals surface area contributed by atoms with Crippen molar-refractivity contribution in [2.45, 2.75) is 25.9 Å². The largest absolute Gasteiger partial charge is 0.456 e. The Morgan fingerprint density at radius 3 is 2.73 bits per heavy atom. The number of carbonyl (C=O) groups is 1. The molecule has 1 saturated heterocycles. The second-order valence-electron chi connectivity index (χ2n) is 4.42. The molecule has 2 rings (SSSR count). The van der Waals surface area contributed by atoms with Crippen molar-refractivity contribution >= 4 is 5.97 Å². The Labute approximate surface area is 90.5 Å². The van der Waals surface area contributed by atoms with Crippen molar-refractivity contribution in [3.05, 3.63) is 11.9 Å². The Morgan fingerprint density at radius 2 is 2.27 bits per heavy atom. The minimum Gasteiger partial charge on any atom is -0.456 e. The topological polar surface area (TPSA) is 32.8 Å². The van der Waals surface area contributed by atoms with E-state index in [2.05, 4.69) is 16.0 Å². The predicted molar refractivity (Wildman–Crippen MR) is 56.8 cm³/mol. The molecule has 15 heavy (non-hydrogen) atoms. The summed E-state index contributed by atoms with van der Waals surface area (Å²) < 4.78 is 5.39. The van der Waals surface area contributed by atoms with Gasteiger partial charge in [-0.25, -0.2) is 0 Å². The van der Waals surface area contributed by atoms with Gasteiger partial charge in [-0.2, -0.15) is 0 Å². The summed E-state index contributed by atoms with van der Waals surface area (Å²) in [5.74, 6) is 0.0570. The highest BCUT2D eigenvalue weighted by atomic mass is 16.6. The lowest BCUT2D eigenvalue weighted by Crippen LogP contribution is -2.25. The van der Waals surface area contributed by atoms with E-state index in [0.29, 0.717) is 0 Å². The van der Waals surface area contributed by atoms with Crippen LogP contribution in [-0.2, 0) is 9.53 Å². The Morgan fingerprint density at radius 1 is 1.53 bits per heavy atom. The molecule has 0 aromatic carbocycles. The van der Waals surface area contributed by atoms with Crippen LogP contribution in [0.15, 0.2) is 11.9 Å². The third kappa shape index (κ3) is 1.80. The van der Waals surface area contributed by atoms with Crippen LogP contribution in [0.1, 0.15) is 19.8 Å². The normalized spacial score (nSPS) is 30.9. The Hall–Kier alpha value is -1.19. The number of hydrogen-bond donors (Lipinski definition) is 0. The average molecular weight is 210 g/mol. The fourth-order valence-corrected chi connectivity index (χ4v) is 2.26. The van der Waals surface area contributed by atoms with Crippen molar-refractivity contribution in [2.75, 3.05) is 20.8 Å². The van der Waals surface area contributed by atoms with Crippen LogP contribution in [0.2, 0.25) is 0 Å². The Bertz CT molecular complexity index is 301. The van der Waals surface area contributed by atoms with Gasteiger partial charge in [0, 0.05) is 26.7 Å². The van der Waals surface area contributed by atoms with E-state index < -0.39 is 0 Å². The third-order valence-electron chi connectivity index (χ3n) is 3.14. The van der Waals surface area contributed by atoms with E-state index in [1.807, 2.05) is 21.0 Å². The summed E-state index contributed by atoms with van der Waals surface area (Å²) in [6, 6.07) is 0. The number of carbonyl (C=O) groups excluding carboxylic acids is 1. The molecule has 4 nitrogen and oxygen atoms in total. The molecule has 4 heteroatoms. The predicted octanol–water partition coefficient (Wildman–Crippen LogP) is 1.00. The highest BCUT2D eigenvalue weighted by Gasteiger charge is 2.37. The molecule has 0 N–H and O–H groups in total. The minimum atomic E-state index is -0.0358. The van der Waals surface area contributed by atoms with Gasteiger partial charge in [-0.05, 0) is 6.42 Å². The molecule has 84 valence electrons. The first-order chi connectivity index (χ1) is 7.11. The van der Waals surface area contributed by atoms with E-state index >= 15 is 0 Å². The Balaban J connectivity index is 2.07. The van der Waals surface area contributed by atoms with Crippen LogP contribution in [-0.4, -0.2) is 42.6 Å². The molecule has 2 unspecified atom stereocenters. The van der Waals surface area contributed by atoms with Gasteiger partial charge in [0.25, 0.3) is 0 Å². The first-order valence-corrected chi connectivity index (χ1v) is 5.45. The van der Waals surface area contributed by atoms with Crippen molar-refractivity contribution in [1.29, 1.82) is 0 Å². The van der Waals surface area contributed by atoms with Gasteiger partial charge < -0.3 is 14.5 Å². The molecule has 0 radical (unpaired) electrons. The van der Waals surface area contributed by atoms with Gasteiger partial charge in [0.15, 0.2) is 0 Å². The summed E-state index contributed by atoms with van der Waals surface area (Å²) in [6.07, 6.45) is 3.75. The molecule has 2 aliphatic rings. The summed E-state index contributed by atoms with van der Waals surface area (Å²) in [4.78, 5) is 15.7. The summed E-state index contributed by atoms with van der Waals surface area (Å²) in [7, 11) is 4.06. The monoisotopic (exact) mass is 210 g/mol. The van der Waals surface area contributed by atoms with E-state index in [9.17, 15) is 4.79 Å². The van der Waals surface area contributed by atoms with Gasteiger partial charge in [-0.15, -0.1) is 0 Å². The number of ether oxygens (including phenoxy) is 1. The molecule has 0 aromatic rings. The van der Waals surface area contributed by atoms with Gasteiger partial charge in [-0.1, -0.05) is 6.92 Å². The van der Waals surface area contributed by atoms with E-state index in [1.54, 1.807) is 0 Å². The van der Waals surface area contributed by atoms with E-state index in [1.165, 1.54) is 0 Å². The minimum absolute atomic E-state index is 0.0302. The maximum absolute atomic E-state index is 11.5. The number of likely N-dealkylation sites (N-methyl/N-ethyl adjacent to an activating group) is 1. The number of hydrogen-bond acceptors (Lipinski definition) is 4. The fraction of sp³-hybridized carbons (Fsp3) is 0.727. The molecule has 0 aliphatic carbocycles. The molecule has 0 aromatic heterocycles. The molecule has 2 atom stereocenters. The van der Waals surface area contributed by atoms with Crippen molar-refractivity contribution in [3.8, 4) is 0 Å². The smallest absolute Gasteiger partial charge is 0.309 e. The lowest BCUT2D eigenvalue weighted by atomic mass is 10.0. The van der Waals surface area contributed by atoms with Crippen molar-refractivity contribution < 1.29 is 9.53 Å². The molecule has 0 bridgehead atoms. The molecule has 0 saturated carbocycles. The van der Waals surface area contributed by atoms with Crippen LogP contribution < -0.4 is 0 Å². The fourth-order valence-electron chi connectivity index (χ4n) is 2.26. The third-order valence-corrected chi connectivity index (χ3v) is 3.14. The SMILES string of the molecule is CCC1CC(C2=CN(C)CN2C)OC1=O. The lowest BCUT2D eigenvalue weighted by Gasteiger charge is -2.19. The molecular weight excluding hydrogens is 192 g/mol. The van der Waals surface area contributed by atoms with Crippen LogP contribution in [0.4, 0.5) is 0 Å². The molecule has 2 heterocycles. The van der Waals surface area contributed by atoms with E-state index in [0.717, 1.165) is 25.2 Å². The summed E-state index contributed by atoms with van der Waals surface area (Å²) in [6.45, 7) is 2.91. The summed E-state index contributed by atoms with van der Waals surface area (Å²) in [5, 5.41) is 0. The average Bonchev–Trinajstić information content (AvgIpc) is 2.69. The summed E-state index contributed by atoms with van der Waals surface area (Å²) in [5.41, 5.74) is 1.13. The Kier molecular flexibility index (Phi) is 2.59. The molecule has 1 fully saturated rings. The van der Waals surface area contributed by atoms with E-state index in [-0.39, 0.29) is 18.0 Å². The first kappa shape index (κ1) is 10.3. The van der Waals surface area contributed by atoms with Crippen LogP contribution in [0.25, 0.3) is 0 Å². The van der Waals surface area contributed by atoms with Gasteiger partial charge in [0.2, 0.25) is 0 Å². The molecule has 2 aliphatic heterocycles. The highest BCUT2D eigenvalue weighted by Crippen LogP contribution is 2.31. The van der Waals surface area contributed by atoms with Crippen molar-refractivity contribution in [1.82, 2.24) is 9.80 Å². The van der Waals surface area contributed by atoms with Crippen LogP contribution >= 0.6 is 0 Å². The second kappa shape index (κ2) is 3.76.